The standard InChI is InChI=1S/C9H6FNSSe/c10-8-4-3-6(9(13)11-8)7-2-1-5-12-7/h1-5H,(H,11,13). The molecule has 13 heavy (non-hydrogen) atoms. The molecule has 0 aromatic carbocycles. The van der Waals surface area contributed by atoms with Crippen LogP contribution in [0.25, 0.3) is 10.4 Å². The zero-order valence-electron chi connectivity index (χ0n) is 6.57. The van der Waals surface area contributed by atoms with Gasteiger partial charge in [-0.15, -0.1) is 0 Å². The molecule has 4 heteroatoms. The maximum absolute atomic E-state index is 12.7. The van der Waals surface area contributed by atoms with Gasteiger partial charge in [-0.3, -0.25) is 0 Å². The van der Waals surface area contributed by atoms with Gasteiger partial charge in [0.05, 0.1) is 0 Å². The van der Waals surface area contributed by atoms with E-state index in [1.165, 1.54) is 6.07 Å². The number of nitrogens with zero attached hydrogens (tertiary/aromatic N) is 1. The molecule has 0 N–H and O–H groups in total. The van der Waals surface area contributed by atoms with E-state index in [1.807, 2.05) is 17.5 Å². The van der Waals surface area contributed by atoms with Crippen molar-refractivity contribution in [3.8, 4) is 10.4 Å². The van der Waals surface area contributed by atoms with Crippen LogP contribution in [0, 0.1) is 5.95 Å². The number of aromatic nitrogens is 1. The van der Waals surface area contributed by atoms with E-state index >= 15 is 0 Å². The van der Waals surface area contributed by atoms with Crippen LogP contribution in [0.1, 0.15) is 0 Å². The van der Waals surface area contributed by atoms with E-state index in [2.05, 4.69) is 21.0 Å². The summed E-state index contributed by atoms with van der Waals surface area (Å²) in [5.41, 5.74) is 0.983. The second-order valence-corrected chi connectivity index (χ2v) is 4.32. The summed E-state index contributed by atoms with van der Waals surface area (Å²) in [5.74, 6) is -0.434. The molecule has 0 atom stereocenters. The molecule has 2 rings (SSSR count). The van der Waals surface area contributed by atoms with E-state index in [0.717, 1.165) is 10.4 Å². The van der Waals surface area contributed by atoms with Crippen LogP contribution in [0.3, 0.4) is 0 Å². The van der Waals surface area contributed by atoms with Crippen LogP contribution >= 0.6 is 11.3 Å². The molecule has 0 radical (unpaired) electrons. The Labute approximate surface area is 87.4 Å². The topological polar surface area (TPSA) is 12.9 Å². The van der Waals surface area contributed by atoms with Crippen molar-refractivity contribution in [3.63, 3.8) is 0 Å². The van der Waals surface area contributed by atoms with Gasteiger partial charge in [0, 0.05) is 0 Å². The zero-order valence-corrected chi connectivity index (χ0v) is 9.26. The van der Waals surface area contributed by atoms with Gasteiger partial charge in [0.1, 0.15) is 0 Å². The van der Waals surface area contributed by atoms with Crippen LogP contribution in [0.2, 0.25) is 0 Å². The first-order chi connectivity index (χ1) is 6.27. The van der Waals surface area contributed by atoms with E-state index in [4.69, 9.17) is 0 Å². The molecule has 0 aliphatic heterocycles. The number of rotatable bonds is 1. The molecule has 2 aromatic heterocycles. The van der Waals surface area contributed by atoms with E-state index in [-0.39, 0.29) is 0 Å². The Bertz CT molecular complexity index is 414. The van der Waals surface area contributed by atoms with Crippen LogP contribution in [0.5, 0.6) is 0 Å². The predicted octanol–water partition coefficient (Wildman–Crippen LogP) is 1.48. The normalized spacial score (nSPS) is 10.3. The Kier molecular flexibility index (Phi) is 2.44. The molecule has 0 aliphatic carbocycles. The van der Waals surface area contributed by atoms with Gasteiger partial charge in [-0.2, -0.15) is 0 Å². The number of pyridine rings is 1. The average molecular weight is 258 g/mol. The molecular weight excluding hydrogens is 252 g/mol. The van der Waals surface area contributed by atoms with Crippen molar-refractivity contribution in [1.29, 1.82) is 0 Å². The predicted molar refractivity (Wildman–Crippen MR) is 54.3 cm³/mol. The fraction of sp³-hybridized carbons (Fsp3) is 0. The Morgan fingerprint density at radius 3 is 2.77 bits per heavy atom. The summed E-state index contributed by atoms with van der Waals surface area (Å²) >= 11 is 3.91. The molecule has 0 aliphatic rings. The molecular formula is C9H6FNSSe. The van der Waals surface area contributed by atoms with E-state index < -0.39 is 5.95 Å². The van der Waals surface area contributed by atoms with Gasteiger partial charge in [-0.05, 0) is 0 Å². The monoisotopic (exact) mass is 259 g/mol. The molecule has 0 amide bonds. The molecule has 66 valence electrons. The van der Waals surface area contributed by atoms with Crippen LogP contribution in [0.4, 0.5) is 4.39 Å². The first-order valence-corrected chi connectivity index (χ1v) is 5.48. The molecule has 0 spiro atoms. The van der Waals surface area contributed by atoms with Crippen molar-refractivity contribution in [3.05, 3.63) is 35.6 Å². The number of hydrogen-bond acceptors (Lipinski definition) is 2. The molecule has 0 saturated heterocycles. The summed E-state index contributed by atoms with van der Waals surface area (Å²) in [5, 5.41) is 1.99. The van der Waals surface area contributed by atoms with Crippen molar-refractivity contribution in [2.75, 3.05) is 0 Å². The van der Waals surface area contributed by atoms with Gasteiger partial charge in [0.25, 0.3) is 0 Å². The van der Waals surface area contributed by atoms with Crippen molar-refractivity contribution in [2.24, 2.45) is 0 Å². The van der Waals surface area contributed by atoms with Gasteiger partial charge in [0.15, 0.2) is 0 Å². The molecule has 0 saturated carbocycles. The van der Waals surface area contributed by atoms with Gasteiger partial charge >= 0.3 is 87.4 Å². The molecule has 2 aromatic rings. The van der Waals surface area contributed by atoms with Crippen LogP contribution in [-0.2, 0) is 0 Å². The average Bonchev–Trinajstić information content (AvgIpc) is 2.56. The van der Waals surface area contributed by atoms with Crippen molar-refractivity contribution in [2.45, 2.75) is 0 Å². The van der Waals surface area contributed by atoms with Gasteiger partial charge < -0.3 is 0 Å². The summed E-state index contributed by atoms with van der Waals surface area (Å²) in [6, 6.07) is 7.10. The van der Waals surface area contributed by atoms with E-state index in [1.54, 1.807) is 17.4 Å². The second kappa shape index (κ2) is 3.58. The Morgan fingerprint density at radius 2 is 2.15 bits per heavy atom. The third kappa shape index (κ3) is 1.80. The van der Waals surface area contributed by atoms with Crippen LogP contribution < -0.4 is 4.59 Å². The summed E-state index contributed by atoms with van der Waals surface area (Å²) in [7, 11) is 0. The fourth-order valence-electron chi connectivity index (χ4n) is 1.05. The second-order valence-electron chi connectivity index (χ2n) is 2.48. The van der Waals surface area contributed by atoms with Crippen LogP contribution in [-0.4, -0.2) is 21.0 Å². The van der Waals surface area contributed by atoms with Crippen molar-refractivity contribution >= 4 is 31.9 Å². The maximum atomic E-state index is 12.7. The third-order valence-electron chi connectivity index (χ3n) is 1.63. The molecule has 1 nitrogen and oxygen atoms in total. The molecule has 0 unspecified atom stereocenters. The van der Waals surface area contributed by atoms with E-state index in [9.17, 15) is 4.39 Å². The zero-order chi connectivity index (χ0) is 9.26. The number of hydrogen-bond donors (Lipinski definition) is 0. The number of halogens is 1. The minimum absolute atomic E-state index is 0.434. The number of thiophene rings is 1. The van der Waals surface area contributed by atoms with Gasteiger partial charge in [0.2, 0.25) is 0 Å². The van der Waals surface area contributed by atoms with Crippen LogP contribution in [0.15, 0.2) is 29.6 Å². The van der Waals surface area contributed by atoms with E-state index in [0.29, 0.717) is 4.59 Å². The first-order valence-electron chi connectivity index (χ1n) is 3.67. The summed E-state index contributed by atoms with van der Waals surface area (Å²) in [6.07, 6.45) is 0. The summed E-state index contributed by atoms with van der Waals surface area (Å²) < 4.78 is 13.3. The third-order valence-corrected chi connectivity index (χ3v) is 3.25. The molecule has 0 bridgehead atoms. The Morgan fingerprint density at radius 1 is 1.31 bits per heavy atom. The minimum atomic E-state index is -0.434. The van der Waals surface area contributed by atoms with Crippen molar-refractivity contribution in [1.82, 2.24) is 4.98 Å². The fourth-order valence-corrected chi connectivity index (χ4v) is 2.58. The SMILES string of the molecule is Fc1ccc(-c2cccs2)c([SeH])n1. The Hall–Kier alpha value is -0.701. The quantitative estimate of drug-likeness (QED) is 0.557. The summed E-state index contributed by atoms with van der Waals surface area (Å²) in [4.78, 5) is 4.86. The first kappa shape index (κ1) is 8.88. The van der Waals surface area contributed by atoms with Gasteiger partial charge in [-0.1, -0.05) is 0 Å². The Balaban J connectivity index is 2.53. The summed E-state index contributed by atoms with van der Waals surface area (Å²) in [6.45, 7) is 0. The molecule has 2 heterocycles. The molecule has 0 fully saturated rings. The van der Waals surface area contributed by atoms with Crippen molar-refractivity contribution < 1.29 is 4.39 Å². The van der Waals surface area contributed by atoms with Gasteiger partial charge in [-0.25, -0.2) is 0 Å².